The molecule has 1 saturated heterocycles. The lowest BCUT2D eigenvalue weighted by Gasteiger charge is -2.26. The summed E-state index contributed by atoms with van der Waals surface area (Å²) in [5.41, 5.74) is 6.57. The second-order valence-electron chi connectivity index (χ2n) is 7.92. The Labute approximate surface area is 208 Å². The maximum Gasteiger partial charge on any atom is 0.250 e. The van der Waals surface area contributed by atoms with E-state index in [0.717, 1.165) is 25.9 Å². The van der Waals surface area contributed by atoms with E-state index in [9.17, 15) is 10.2 Å². The fourth-order valence-electron chi connectivity index (χ4n) is 3.54. The summed E-state index contributed by atoms with van der Waals surface area (Å²) in [6.07, 6.45) is 6.19. The molecule has 0 spiro atoms. The van der Waals surface area contributed by atoms with Gasteiger partial charge in [0, 0.05) is 36.3 Å². The maximum absolute atomic E-state index is 10.1. The summed E-state index contributed by atoms with van der Waals surface area (Å²) in [7, 11) is 3.06. The van der Waals surface area contributed by atoms with Crippen molar-refractivity contribution in [2.45, 2.75) is 19.3 Å². The van der Waals surface area contributed by atoms with E-state index in [2.05, 4.69) is 40.9 Å². The lowest BCUT2D eigenvalue weighted by Crippen LogP contribution is -2.31. The van der Waals surface area contributed by atoms with E-state index >= 15 is 0 Å². The average Bonchev–Trinajstić information content (AvgIpc) is 2.91. The van der Waals surface area contributed by atoms with Gasteiger partial charge < -0.3 is 24.6 Å². The van der Waals surface area contributed by atoms with Crippen LogP contribution < -0.4 is 25.2 Å². The molecule has 36 heavy (non-hydrogen) atoms. The van der Waals surface area contributed by atoms with Gasteiger partial charge in [0.1, 0.15) is 23.0 Å². The molecule has 2 aromatic carbocycles. The number of nitrogens with one attached hydrogen (secondary N) is 2. The van der Waals surface area contributed by atoms with Gasteiger partial charge in [-0.1, -0.05) is 0 Å². The predicted octanol–water partition coefficient (Wildman–Crippen LogP) is 3.18. The molecule has 0 aliphatic carbocycles. The van der Waals surface area contributed by atoms with Crippen LogP contribution in [-0.4, -0.2) is 64.9 Å². The standard InChI is InChI=1S/C24H28N8O4/c1-35-18-8-6-16(20(33)12-18)14-25-30-22-27-23(29-24(28-22)32-10-4-3-5-11-32)31-26-15-17-7-9-19(36-2)13-21(17)34/h6-9,12-15,33-34H,3-5,10-11H2,1-2H3,(H2,27,28,29,30,31)/b25-14+,26-15+. The van der Waals surface area contributed by atoms with Crippen LogP contribution in [-0.2, 0) is 0 Å². The van der Waals surface area contributed by atoms with Crippen LogP contribution in [0.4, 0.5) is 17.8 Å². The number of hydrogen-bond acceptors (Lipinski definition) is 12. The molecule has 3 aromatic rings. The van der Waals surface area contributed by atoms with E-state index in [-0.39, 0.29) is 23.4 Å². The Balaban J connectivity index is 1.52. The molecule has 4 N–H and O–H groups in total. The number of aromatic nitrogens is 3. The molecule has 0 amide bonds. The monoisotopic (exact) mass is 492 g/mol. The number of phenols is 2. The molecule has 1 fully saturated rings. The number of rotatable bonds is 9. The van der Waals surface area contributed by atoms with Gasteiger partial charge in [0.15, 0.2) is 0 Å². The molecule has 1 aromatic heterocycles. The summed E-state index contributed by atoms with van der Waals surface area (Å²) < 4.78 is 10.2. The molecule has 1 aliphatic heterocycles. The van der Waals surface area contributed by atoms with E-state index in [1.54, 1.807) is 24.3 Å². The molecule has 0 radical (unpaired) electrons. The van der Waals surface area contributed by atoms with E-state index in [1.807, 2.05) is 0 Å². The Hall–Kier alpha value is -4.61. The second kappa shape index (κ2) is 11.7. The second-order valence-corrected chi connectivity index (χ2v) is 7.92. The third-order valence-electron chi connectivity index (χ3n) is 5.47. The maximum atomic E-state index is 10.1. The fourth-order valence-corrected chi connectivity index (χ4v) is 3.54. The highest BCUT2D eigenvalue weighted by Gasteiger charge is 2.16. The highest BCUT2D eigenvalue weighted by atomic mass is 16.5. The smallest absolute Gasteiger partial charge is 0.250 e. The van der Waals surface area contributed by atoms with E-state index in [4.69, 9.17) is 9.47 Å². The highest BCUT2D eigenvalue weighted by Crippen LogP contribution is 2.23. The largest absolute Gasteiger partial charge is 0.507 e. The summed E-state index contributed by atoms with van der Waals surface area (Å²) in [5, 5.41) is 28.5. The number of nitrogens with zero attached hydrogens (tertiary/aromatic N) is 6. The van der Waals surface area contributed by atoms with Gasteiger partial charge in [-0.25, -0.2) is 10.9 Å². The Kier molecular flexibility index (Phi) is 7.96. The normalized spacial score (nSPS) is 13.8. The lowest BCUT2D eigenvalue weighted by molar-refractivity contribution is 0.407. The van der Waals surface area contributed by atoms with Crippen LogP contribution in [0.3, 0.4) is 0 Å². The number of aromatic hydroxyl groups is 2. The van der Waals surface area contributed by atoms with Crippen molar-refractivity contribution in [3.8, 4) is 23.0 Å². The van der Waals surface area contributed by atoms with Gasteiger partial charge in [0.25, 0.3) is 0 Å². The zero-order chi connectivity index (χ0) is 25.3. The van der Waals surface area contributed by atoms with Crippen LogP contribution in [0.1, 0.15) is 30.4 Å². The summed E-state index contributed by atoms with van der Waals surface area (Å²) in [5.74, 6) is 2.06. The molecule has 188 valence electrons. The van der Waals surface area contributed by atoms with Gasteiger partial charge in [-0.3, -0.25) is 0 Å². The van der Waals surface area contributed by atoms with Gasteiger partial charge in [-0.05, 0) is 43.5 Å². The number of benzene rings is 2. The van der Waals surface area contributed by atoms with Gasteiger partial charge in [0.05, 0.1) is 26.6 Å². The molecule has 0 atom stereocenters. The quantitative estimate of drug-likeness (QED) is 0.259. The SMILES string of the molecule is COc1ccc(/C=N/Nc2nc(N/N=C/c3ccc(OC)cc3O)nc(N3CCCCC3)n2)c(O)c1. The number of piperidine rings is 1. The molecule has 0 saturated carbocycles. The van der Waals surface area contributed by atoms with Crippen molar-refractivity contribution < 1.29 is 19.7 Å². The summed E-state index contributed by atoms with van der Waals surface area (Å²) in [4.78, 5) is 15.4. The molecular weight excluding hydrogens is 464 g/mol. The van der Waals surface area contributed by atoms with Crippen LogP contribution in [0, 0.1) is 0 Å². The number of anilines is 3. The van der Waals surface area contributed by atoms with Crippen LogP contribution in [0.5, 0.6) is 23.0 Å². The average molecular weight is 493 g/mol. The van der Waals surface area contributed by atoms with Crippen LogP contribution in [0.15, 0.2) is 46.6 Å². The zero-order valence-electron chi connectivity index (χ0n) is 20.0. The Morgan fingerprint density at radius 1 is 0.778 bits per heavy atom. The number of hydrogen-bond donors (Lipinski definition) is 4. The van der Waals surface area contributed by atoms with Crippen molar-refractivity contribution in [1.29, 1.82) is 0 Å². The number of hydrazone groups is 2. The predicted molar refractivity (Wildman–Crippen MR) is 138 cm³/mol. The molecule has 4 rings (SSSR count). The van der Waals surface area contributed by atoms with Crippen LogP contribution in [0.2, 0.25) is 0 Å². The fraction of sp³-hybridized carbons (Fsp3) is 0.292. The van der Waals surface area contributed by atoms with Crippen molar-refractivity contribution in [3.05, 3.63) is 47.5 Å². The lowest BCUT2D eigenvalue weighted by atomic mass is 10.1. The number of methoxy groups -OCH3 is 2. The topological polar surface area (TPSA) is 150 Å². The van der Waals surface area contributed by atoms with Crippen molar-refractivity contribution in [2.75, 3.05) is 43.1 Å². The van der Waals surface area contributed by atoms with Crippen molar-refractivity contribution in [1.82, 2.24) is 15.0 Å². The summed E-state index contributed by atoms with van der Waals surface area (Å²) >= 11 is 0. The Morgan fingerprint density at radius 2 is 1.28 bits per heavy atom. The van der Waals surface area contributed by atoms with Crippen molar-refractivity contribution in [2.24, 2.45) is 10.2 Å². The van der Waals surface area contributed by atoms with Gasteiger partial charge in [-0.2, -0.15) is 25.2 Å². The zero-order valence-corrected chi connectivity index (χ0v) is 20.0. The van der Waals surface area contributed by atoms with Gasteiger partial charge >= 0.3 is 0 Å². The summed E-state index contributed by atoms with van der Waals surface area (Å²) in [6.45, 7) is 1.68. The molecule has 0 bridgehead atoms. The van der Waals surface area contributed by atoms with E-state index < -0.39 is 0 Å². The third kappa shape index (κ3) is 6.29. The van der Waals surface area contributed by atoms with Crippen molar-refractivity contribution in [3.63, 3.8) is 0 Å². The first kappa shape index (κ1) is 24.5. The Morgan fingerprint density at radius 3 is 1.72 bits per heavy atom. The highest BCUT2D eigenvalue weighted by molar-refractivity contribution is 5.84. The third-order valence-corrected chi connectivity index (χ3v) is 5.47. The number of phenolic OH excluding ortho intramolecular Hbond substituents is 2. The van der Waals surface area contributed by atoms with Crippen LogP contribution in [0.25, 0.3) is 0 Å². The van der Waals surface area contributed by atoms with Crippen LogP contribution >= 0.6 is 0 Å². The molecule has 0 unspecified atom stereocenters. The first-order chi connectivity index (χ1) is 17.6. The minimum absolute atomic E-state index is 0.0306. The molecule has 1 aliphatic rings. The molecule has 2 heterocycles. The van der Waals surface area contributed by atoms with E-state index in [0.29, 0.717) is 28.6 Å². The van der Waals surface area contributed by atoms with Gasteiger partial charge in [0.2, 0.25) is 17.8 Å². The first-order valence-corrected chi connectivity index (χ1v) is 11.4. The molecule has 12 heteroatoms. The Bertz CT molecular complexity index is 1160. The number of ether oxygens (including phenoxy) is 2. The molecule has 12 nitrogen and oxygen atoms in total. The first-order valence-electron chi connectivity index (χ1n) is 11.4. The minimum atomic E-state index is 0.0306. The summed E-state index contributed by atoms with van der Waals surface area (Å²) in [6, 6.07) is 9.81. The van der Waals surface area contributed by atoms with Gasteiger partial charge in [-0.15, -0.1) is 0 Å². The minimum Gasteiger partial charge on any atom is -0.507 e. The van der Waals surface area contributed by atoms with Crippen molar-refractivity contribution >= 4 is 30.3 Å². The molecular formula is C24H28N8O4. The van der Waals surface area contributed by atoms with E-state index in [1.165, 1.54) is 45.2 Å².